The van der Waals surface area contributed by atoms with Crippen molar-refractivity contribution in [1.82, 2.24) is 10.2 Å². The lowest BCUT2D eigenvalue weighted by Crippen LogP contribution is -2.41. The van der Waals surface area contributed by atoms with Gasteiger partial charge in [-0.2, -0.15) is 0 Å². The van der Waals surface area contributed by atoms with E-state index in [1.807, 2.05) is 18.0 Å². The van der Waals surface area contributed by atoms with Crippen LogP contribution in [0.3, 0.4) is 0 Å². The molecule has 0 radical (unpaired) electrons. The molecule has 1 aromatic rings. The highest BCUT2D eigenvalue weighted by atomic mass is 16.3. The van der Waals surface area contributed by atoms with Crippen LogP contribution in [0.5, 0.6) is 5.75 Å². The maximum Gasteiger partial charge on any atom is 0.227 e. The van der Waals surface area contributed by atoms with Gasteiger partial charge in [0.2, 0.25) is 5.91 Å². The van der Waals surface area contributed by atoms with Crippen molar-refractivity contribution in [2.24, 2.45) is 0 Å². The zero-order valence-corrected chi connectivity index (χ0v) is 10.7. The van der Waals surface area contributed by atoms with E-state index in [2.05, 4.69) is 5.32 Å². The molecule has 1 aromatic carbocycles. The van der Waals surface area contributed by atoms with E-state index >= 15 is 0 Å². The molecular weight excluding hydrogens is 228 g/mol. The van der Waals surface area contributed by atoms with Gasteiger partial charge in [-0.05, 0) is 26.0 Å². The van der Waals surface area contributed by atoms with Gasteiger partial charge in [0.15, 0.2) is 0 Å². The van der Waals surface area contributed by atoms with Gasteiger partial charge in [0, 0.05) is 24.7 Å². The molecule has 2 rings (SSSR count). The third kappa shape index (κ3) is 2.82. The summed E-state index contributed by atoms with van der Waals surface area (Å²) in [5.74, 6) is 0.310. The Morgan fingerprint density at radius 1 is 1.50 bits per heavy atom. The summed E-state index contributed by atoms with van der Waals surface area (Å²) in [6.45, 7) is 1.67. The molecule has 0 aliphatic carbocycles. The minimum absolute atomic E-state index is 0.106. The van der Waals surface area contributed by atoms with Gasteiger partial charge in [-0.25, -0.2) is 0 Å². The number of hydrogen-bond acceptors (Lipinski definition) is 3. The van der Waals surface area contributed by atoms with Crippen molar-refractivity contribution in [1.29, 1.82) is 0 Å². The number of benzene rings is 1. The van der Waals surface area contributed by atoms with Crippen LogP contribution in [0.25, 0.3) is 0 Å². The predicted molar refractivity (Wildman–Crippen MR) is 70.5 cm³/mol. The number of aromatic hydroxyl groups is 1. The van der Waals surface area contributed by atoms with Crippen molar-refractivity contribution in [3.63, 3.8) is 0 Å². The van der Waals surface area contributed by atoms with Crippen LogP contribution in [0, 0.1) is 0 Å². The molecule has 98 valence electrons. The lowest BCUT2D eigenvalue weighted by atomic mass is 10.1. The van der Waals surface area contributed by atoms with Crippen LogP contribution >= 0.6 is 0 Å². The van der Waals surface area contributed by atoms with Crippen molar-refractivity contribution in [2.75, 3.05) is 20.1 Å². The zero-order chi connectivity index (χ0) is 13.0. The van der Waals surface area contributed by atoms with Crippen LogP contribution in [0.2, 0.25) is 0 Å². The Labute approximate surface area is 108 Å². The van der Waals surface area contributed by atoms with Crippen molar-refractivity contribution in [3.8, 4) is 5.75 Å². The number of para-hydroxylation sites is 1. The third-order valence-corrected chi connectivity index (χ3v) is 3.47. The Hall–Kier alpha value is -1.55. The maximum atomic E-state index is 12.2. The molecule has 0 spiro atoms. The summed E-state index contributed by atoms with van der Waals surface area (Å²) in [7, 11) is 1.91. The third-order valence-electron chi connectivity index (χ3n) is 3.47. The van der Waals surface area contributed by atoms with Gasteiger partial charge < -0.3 is 15.3 Å². The van der Waals surface area contributed by atoms with Crippen LogP contribution in [0.15, 0.2) is 24.3 Å². The number of phenolic OH excluding ortho intramolecular Hbond substituents is 1. The molecule has 1 amide bonds. The number of amides is 1. The number of likely N-dealkylation sites (N-methyl/N-ethyl adjacent to an activating group) is 1. The molecule has 1 aliphatic heterocycles. The van der Waals surface area contributed by atoms with Gasteiger partial charge in [-0.1, -0.05) is 18.2 Å². The van der Waals surface area contributed by atoms with Gasteiger partial charge >= 0.3 is 0 Å². The summed E-state index contributed by atoms with van der Waals surface area (Å²) in [4.78, 5) is 14.2. The summed E-state index contributed by atoms with van der Waals surface area (Å²) in [5.41, 5.74) is 0.706. The highest BCUT2D eigenvalue weighted by Gasteiger charge is 2.28. The fourth-order valence-electron chi connectivity index (χ4n) is 2.54. The number of carbonyl (C=O) groups is 1. The molecule has 1 unspecified atom stereocenters. The molecule has 0 saturated carbocycles. The zero-order valence-electron chi connectivity index (χ0n) is 10.7. The second kappa shape index (κ2) is 5.87. The molecular formula is C14H20N2O2. The first kappa shape index (κ1) is 12.9. The van der Waals surface area contributed by atoms with E-state index in [1.54, 1.807) is 18.2 Å². The number of nitrogens with one attached hydrogen (secondary N) is 1. The maximum absolute atomic E-state index is 12.2. The number of rotatable bonds is 4. The van der Waals surface area contributed by atoms with Crippen molar-refractivity contribution < 1.29 is 9.90 Å². The van der Waals surface area contributed by atoms with Gasteiger partial charge in [-0.15, -0.1) is 0 Å². The van der Waals surface area contributed by atoms with Gasteiger partial charge in [0.1, 0.15) is 5.75 Å². The summed E-state index contributed by atoms with van der Waals surface area (Å²) in [6.07, 6.45) is 2.42. The SMILES string of the molecule is CNCC1CCCN1C(=O)Cc1ccccc1O. The van der Waals surface area contributed by atoms with Crippen LogP contribution in [0.1, 0.15) is 18.4 Å². The molecule has 4 heteroatoms. The molecule has 18 heavy (non-hydrogen) atoms. The number of likely N-dealkylation sites (tertiary alicyclic amines) is 1. The van der Waals surface area contributed by atoms with E-state index in [9.17, 15) is 9.90 Å². The minimum Gasteiger partial charge on any atom is -0.508 e. The lowest BCUT2D eigenvalue weighted by molar-refractivity contribution is -0.131. The quantitative estimate of drug-likeness (QED) is 0.840. The van der Waals surface area contributed by atoms with E-state index < -0.39 is 0 Å². The monoisotopic (exact) mass is 248 g/mol. The van der Waals surface area contributed by atoms with Crippen molar-refractivity contribution in [2.45, 2.75) is 25.3 Å². The summed E-state index contributed by atoms with van der Waals surface area (Å²) in [5, 5.41) is 12.8. The molecule has 0 bridgehead atoms. The van der Waals surface area contributed by atoms with Crippen LogP contribution in [-0.4, -0.2) is 42.1 Å². The second-order valence-electron chi connectivity index (χ2n) is 4.75. The summed E-state index contributed by atoms with van der Waals surface area (Å²) < 4.78 is 0. The number of nitrogens with zero attached hydrogens (tertiary/aromatic N) is 1. The second-order valence-corrected chi connectivity index (χ2v) is 4.75. The van der Waals surface area contributed by atoms with Crippen molar-refractivity contribution in [3.05, 3.63) is 29.8 Å². The fraction of sp³-hybridized carbons (Fsp3) is 0.500. The fourth-order valence-corrected chi connectivity index (χ4v) is 2.54. The average molecular weight is 248 g/mol. The summed E-state index contributed by atoms with van der Waals surface area (Å²) >= 11 is 0. The minimum atomic E-state index is 0.106. The van der Waals surface area contributed by atoms with Gasteiger partial charge in [0.05, 0.1) is 6.42 Å². The molecule has 1 saturated heterocycles. The predicted octanol–water partition coefficient (Wildman–Crippen LogP) is 1.15. The highest BCUT2D eigenvalue weighted by Crippen LogP contribution is 2.21. The smallest absolute Gasteiger partial charge is 0.227 e. The van der Waals surface area contributed by atoms with E-state index in [4.69, 9.17) is 0 Å². The average Bonchev–Trinajstić information content (AvgIpc) is 2.81. The van der Waals surface area contributed by atoms with E-state index in [-0.39, 0.29) is 18.1 Å². The molecule has 4 nitrogen and oxygen atoms in total. The molecule has 1 fully saturated rings. The Morgan fingerprint density at radius 2 is 2.28 bits per heavy atom. The standard InChI is InChI=1S/C14H20N2O2/c1-15-10-12-6-4-8-16(12)14(18)9-11-5-2-3-7-13(11)17/h2-3,5,7,12,15,17H,4,6,8-10H2,1H3. The molecule has 0 aromatic heterocycles. The molecule has 2 N–H and O–H groups in total. The van der Waals surface area contributed by atoms with Crippen LogP contribution in [-0.2, 0) is 11.2 Å². The topological polar surface area (TPSA) is 52.6 Å². The largest absolute Gasteiger partial charge is 0.508 e. The first-order chi connectivity index (χ1) is 8.72. The Morgan fingerprint density at radius 3 is 3.00 bits per heavy atom. The van der Waals surface area contributed by atoms with E-state index in [1.165, 1.54) is 0 Å². The lowest BCUT2D eigenvalue weighted by Gasteiger charge is -2.24. The molecule has 1 atom stereocenters. The van der Waals surface area contributed by atoms with Crippen molar-refractivity contribution >= 4 is 5.91 Å². The van der Waals surface area contributed by atoms with E-state index in [0.29, 0.717) is 11.6 Å². The number of carbonyl (C=O) groups excluding carboxylic acids is 1. The Bertz CT molecular complexity index is 420. The molecule has 1 aliphatic rings. The normalized spacial score (nSPS) is 19.2. The Balaban J connectivity index is 2.01. The van der Waals surface area contributed by atoms with Crippen LogP contribution < -0.4 is 5.32 Å². The first-order valence-electron chi connectivity index (χ1n) is 6.43. The van der Waals surface area contributed by atoms with E-state index in [0.717, 1.165) is 25.9 Å². The molecule has 1 heterocycles. The number of phenols is 1. The first-order valence-corrected chi connectivity index (χ1v) is 6.43. The summed E-state index contributed by atoms with van der Waals surface area (Å²) in [6, 6.07) is 7.34. The Kier molecular flexibility index (Phi) is 4.20. The number of hydrogen-bond donors (Lipinski definition) is 2. The van der Waals surface area contributed by atoms with Crippen LogP contribution in [0.4, 0.5) is 0 Å². The highest BCUT2D eigenvalue weighted by molar-refractivity contribution is 5.80. The van der Waals surface area contributed by atoms with Gasteiger partial charge in [0.25, 0.3) is 0 Å². The van der Waals surface area contributed by atoms with Gasteiger partial charge in [-0.3, -0.25) is 4.79 Å².